The Morgan fingerprint density at radius 2 is 1.54 bits per heavy atom. The third-order valence-corrected chi connectivity index (χ3v) is 4.65. The van der Waals surface area contributed by atoms with Gasteiger partial charge < -0.3 is 19.8 Å². The van der Waals surface area contributed by atoms with E-state index in [-0.39, 0.29) is 6.61 Å². The van der Waals surface area contributed by atoms with Crippen molar-refractivity contribution in [1.82, 2.24) is 4.90 Å². The molecule has 0 radical (unpaired) electrons. The van der Waals surface area contributed by atoms with Crippen LogP contribution in [0.1, 0.15) is 18.4 Å². The Morgan fingerprint density at radius 1 is 0.958 bits per heavy atom. The molecule has 0 spiro atoms. The molecule has 2 aromatic carbocycles. The second-order valence-electron chi connectivity index (χ2n) is 6.48. The van der Waals surface area contributed by atoms with Crippen LogP contribution in [0.2, 0.25) is 0 Å². The molecule has 128 valence electrons. The number of para-hydroxylation sites is 1. The maximum Gasteiger partial charge on any atom is 0.119 e. The fourth-order valence-corrected chi connectivity index (χ4v) is 3.20. The first-order chi connectivity index (χ1) is 11.7. The van der Waals surface area contributed by atoms with Crippen LogP contribution in [-0.2, 0) is 5.60 Å². The number of hydrogen-bond donors (Lipinski definition) is 2. The van der Waals surface area contributed by atoms with Crippen LogP contribution in [0.4, 0.5) is 0 Å². The molecule has 0 aromatic heterocycles. The Labute approximate surface area is 143 Å². The second-order valence-corrected chi connectivity index (χ2v) is 6.48. The highest BCUT2D eigenvalue weighted by Crippen LogP contribution is 2.32. The Balaban J connectivity index is 1.45. The maximum atomic E-state index is 10.8. The van der Waals surface area contributed by atoms with Crippen LogP contribution in [0.3, 0.4) is 0 Å². The monoisotopic (exact) mass is 327 g/mol. The minimum atomic E-state index is -0.747. The lowest BCUT2D eigenvalue weighted by Gasteiger charge is -2.39. The van der Waals surface area contributed by atoms with Gasteiger partial charge in [-0.1, -0.05) is 48.5 Å². The van der Waals surface area contributed by atoms with E-state index in [1.54, 1.807) is 0 Å². The number of β-amino-alcohol motifs (C(OH)–C–C–N with tert-alkyl or cyclic N) is 1. The molecular formula is C20H25NO3. The van der Waals surface area contributed by atoms with E-state index in [9.17, 15) is 10.2 Å². The van der Waals surface area contributed by atoms with Gasteiger partial charge in [0.15, 0.2) is 0 Å². The summed E-state index contributed by atoms with van der Waals surface area (Å²) < 4.78 is 5.59. The van der Waals surface area contributed by atoms with E-state index in [0.29, 0.717) is 19.4 Å². The second kappa shape index (κ2) is 7.79. The number of aliphatic hydroxyl groups is 2. The first-order valence-electron chi connectivity index (χ1n) is 8.52. The van der Waals surface area contributed by atoms with Crippen LogP contribution in [0.25, 0.3) is 0 Å². The van der Waals surface area contributed by atoms with Crippen molar-refractivity contribution >= 4 is 0 Å². The zero-order valence-electron chi connectivity index (χ0n) is 13.8. The van der Waals surface area contributed by atoms with Crippen molar-refractivity contribution in [3.63, 3.8) is 0 Å². The third kappa shape index (κ3) is 4.35. The number of benzene rings is 2. The molecular weight excluding hydrogens is 302 g/mol. The van der Waals surface area contributed by atoms with E-state index in [1.165, 1.54) is 0 Å². The van der Waals surface area contributed by atoms with E-state index < -0.39 is 11.7 Å². The fourth-order valence-electron chi connectivity index (χ4n) is 3.20. The topological polar surface area (TPSA) is 52.9 Å². The van der Waals surface area contributed by atoms with Crippen molar-refractivity contribution in [3.05, 3.63) is 66.2 Å². The van der Waals surface area contributed by atoms with Gasteiger partial charge in [-0.15, -0.1) is 0 Å². The van der Waals surface area contributed by atoms with Gasteiger partial charge in [-0.25, -0.2) is 0 Å². The van der Waals surface area contributed by atoms with Gasteiger partial charge in [0, 0.05) is 19.6 Å². The Bertz CT molecular complexity index is 609. The van der Waals surface area contributed by atoms with Gasteiger partial charge in [-0.3, -0.25) is 0 Å². The summed E-state index contributed by atoms with van der Waals surface area (Å²) in [5.74, 6) is 0.772. The Hall–Kier alpha value is -1.88. The van der Waals surface area contributed by atoms with Gasteiger partial charge >= 0.3 is 0 Å². The van der Waals surface area contributed by atoms with Crippen LogP contribution in [0, 0.1) is 0 Å². The molecule has 1 saturated heterocycles. The van der Waals surface area contributed by atoms with E-state index >= 15 is 0 Å². The van der Waals surface area contributed by atoms with Crippen molar-refractivity contribution in [2.24, 2.45) is 0 Å². The molecule has 1 aliphatic heterocycles. The van der Waals surface area contributed by atoms with Crippen molar-refractivity contribution in [3.8, 4) is 5.75 Å². The van der Waals surface area contributed by atoms with Gasteiger partial charge in [-0.05, 0) is 30.5 Å². The number of hydrogen-bond acceptors (Lipinski definition) is 4. The zero-order valence-corrected chi connectivity index (χ0v) is 13.8. The minimum Gasteiger partial charge on any atom is -0.491 e. The summed E-state index contributed by atoms with van der Waals surface area (Å²) >= 11 is 0. The molecule has 4 heteroatoms. The average Bonchev–Trinajstić information content (AvgIpc) is 2.64. The van der Waals surface area contributed by atoms with Crippen molar-refractivity contribution < 1.29 is 14.9 Å². The summed E-state index contributed by atoms with van der Waals surface area (Å²) in [6, 6.07) is 19.4. The van der Waals surface area contributed by atoms with Gasteiger partial charge in [0.2, 0.25) is 0 Å². The van der Waals surface area contributed by atoms with E-state index in [0.717, 1.165) is 24.4 Å². The summed E-state index contributed by atoms with van der Waals surface area (Å²) in [6.07, 6.45) is 0.833. The van der Waals surface area contributed by atoms with Crippen molar-refractivity contribution in [2.45, 2.75) is 24.5 Å². The highest BCUT2D eigenvalue weighted by Gasteiger charge is 2.34. The molecule has 1 unspecified atom stereocenters. The lowest BCUT2D eigenvalue weighted by molar-refractivity contribution is -0.0372. The van der Waals surface area contributed by atoms with Crippen LogP contribution in [0.5, 0.6) is 5.75 Å². The maximum absolute atomic E-state index is 10.8. The average molecular weight is 327 g/mol. The van der Waals surface area contributed by atoms with Crippen LogP contribution in [0.15, 0.2) is 60.7 Å². The standard InChI is InChI=1S/C20H25NO3/c22-18(16-24-19-9-5-2-6-10-19)15-21-13-11-20(23,12-14-21)17-7-3-1-4-8-17/h1-10,18,22-23H,11-16H2. The largest absolute Gasteiger partial charge is 0.491 e. The van der Waals surface area contributed by atoms with Gasteiger partial charge in [0.25, 0.3) is 0 Å². The Kier molecular flexibility index (Phi) is 5.51. The predicted octanol–water partition coefficient (Wildman–Crippen LogP) is 2.41. The molecule has 3 rings (SSSR count). The molecule has 0 aliphatic carbocycles. The highest BCUT2D eigenvalue weighted by molar-refractivity contribution is 5.23. The molecule has 0 amide bonds. The first-order valence-corrected chi connectivity index (χ1v) is 8.52. The summed E-state index contributed by atoms with van der Waals surface area (Å²) in [7, 11) is 0. The molecule has 1 heterocycles. The number of piperidine rings is 1. The number of likely N-dealkylation sites (tertiary alicyclic amines) is 1. The lowest BCUT2D eigenvalue weighted by atomic mass is 9.84. The third-order valence-electron chi connectivity index (χ3n) is 4.65. The number of ether oxygens (including phenoxy) is 1. The smallest absolute Gasteiger partial charge is 0.119 e. The summed E-state index contributed by atoms with van der Waals surface area (Å²) in [5, 5.41) is 21.0. The van der Waals surface area contributed by atoms with Gasteiger partial charge in [-0.2, -0.15) is 0 Å². The molecule has 0 bridgehead atoms. The van der Waals surface area contributed by atoms with E-state index in [2.05, 4.69) is 4.90 Å². The van der Waals surface area contributed by atoms with Gasteiger partial charge in [0.1, 0.15) is 18.5 Å². The Morgan fingerprint density at radius 3 is 2.17 bits per heavy atom. The van der Waals surface area contributed by atoms with E-state index in [1.807, 2.05) is 60.7 Å². The van der Waals surface area contributed by atoms with Crippen LogP contribution >= 0.6 is 0 Å². The molecule has 24 heavy (non-hydrogen) atoms. The lowest BCUT2D eigenvalue weighted by Crippen LogP contribution is -2.46. The van der Waals surface area contributed by atoms with Crippen LogP contribution < -0.4 is 4.74 Å². The molecule has 4 nitrogen and oxygen atoms in total. The molecule has 0 saturated carbocycles. The SMILES string of the molecule is OC(COc1ccccc1)CN1CCC(O)(c2ccccc2)CC1. The number of rotatable bonds is 6. The molecule has 2 aromatic rings. The predicted molar refractivity (Wildman–Crippen MR) is 94.0 cm³/mol. The normalized spacial score (nSPS) is 18.9. The fraction of sp³-hybridized carbons (Fsp3) is 0.400. The molecule has 1 fully saturated rings. The quantitative estimate of drug-likeness (QED) is 0.855. The summed E-state index contributed by atoms with van der Waals surface area (Å²) in [5.41, 5.74) is 0.237. The molecule has 1 atom stereocenters. The molecule has 2 N–H and O–H groups in total. The first kappa shape index (κ1) is 17.0. The zero-order chi connectivity index (χ0) is 16.8. The van der Waals surface area contributed by atoms with Crippen molar-refractivity contribution in [2.75, 3.05) is 26.2 Å². The van der Waals surface area contributed by atoms with Crippen LogP contribution in [-0.4, -0.2) is 47.5 Å². The molecule has 1 aliphatic rings. The minimum absolute atomic E-state index is 0.281. The van der Waals surface area contributed by atoms with Crippen molar-refractivity contribution in [1.29, 1.82) is 0 Å². The highest BCUT2D eigenvalue weighted by atomic mass is 16.5. The van der Waals surface area contributed by atoms with E-state index in [4.69, 9.17) is 4.74 Å². The summed E-state index contributed by atoms with van der Waals surface area (Å²) in [6.45, 7) is 2.39. The summed E-state index contributed by atoms with van der Waals surface area (Å²) in [4.78, 5) is 2.19. The number of nitrogens with zero attached hydrogens (tertiary/aromatic N) is 1. The number of aliphatic hydroxyl groups excluding tert-OH is 1. The van der Waals surface area contributed by atoms with Gasteiger partial charge in [0.05, 0.1) is 5.60 Å².